The lowest BCUT2D eigenvalue weighted by molar-refractivity contribution is 0.150. The minimum absolute atomic E-state index is 0.503. The lowest BCUT2D eigenvalue weighted by Crippen LogP contribution is -2.44. The third kappa shape index (κ3) is 3.74. The zero-order chi connectivity index (χ0) is 12.8. The van der Waals surface area contributed by atoms with Gasteiger partial charge in [0.15, 0.2) is 5.82 Å². The minimum Gasteiger partial charge on any atom is -0.307 e. The van der Waals surface area contributed by atoms with Crippen LogP contribution in [0.1, 0.15) is 38.9 Å². The summed E-state index contributed by atoms with van der Waals surface area (Å²) in [6.07, 6.45) is 3.89. The monoisotopic (exact) mass is 252 g/mol. The van der Waals surface area contributed by atoms with Gasteiger partial charge in [-0.05, 0) is 45.2 Å². The predicted molar refractivity (Wildman–Crippen MR) is 69.9 cm³/mol. The first-order valence-corrected chi connectivity index (χ1v) is 6.97. The molecule has 2 N–H and O–H groups in total. The second-order valence-electron chi connectivity index (χ2n) is 5.20. The van der Waals surface area contributed by atoms with Crippen molar-refractivity contribution in [3.05, 3.63) is 5.82 Å². The fourth-order valence-corrected chi connectivity index (χ4v) is 2.70. The molecule has 1 aliphatic rings. The number of piperidine rings is 1. The first-order valence-electron chi connectivity index (χ1n) is 6.97. The highest BCUT2D eigenvalue weighted by atomic mass is 15.5. The predicted octanol–water partition coefficient (Wildman–Crippen LogP) is 0.800. The quantitative estimate of drug-likeness (QED) is 0.783. The van der Waals surface area contributed by atoms with Crippen LogP contribution in [-0.2, 0) is 6.54 Å². The molecule has 1 fully saturated rings. The van der Waals surface area contributed by atoms with E-state index in [1.807, 2.05) is 0 Å². The Labute approximate surface area is 109 Å². The Hall–Kier alpha value is -1.01. The summed E-state index contributed by atoms with van der Waals surface area (Å²) in [6.45, 7) is 8.92. The van der Waals surface area contributed by atoms with Gasteiger partial charge in [0.05, 0.1) is 6.54 Å². The van der Waals surface area contributed by atoms with Crippen molar-refractivity contribution in [2.24, 2.45) is 5.92 Å². The molecular formula is C12H24N6. The molecule has 0 radical (unpaired) electrons. The van der Waals surface area contributed by atoms with Gasteiger partial charge >= 0.3 is 0 Å². The summed E-state index contributed by atoms with van der Waals surface area (Å²) < 4.78 is 0. The number of aromatic amines is 1. The Bertz CT molecular complexity index is 323. The molecular weight excluding hydrogens is 228 g/mol. The summed E-state index contributed by atoms with van der Waals surface area (Å²) in [4.78, 5) is 2.58. The smallest absolute Gasteiger partial charge is 0.188 e. The van der Waals surface area contributed by atoms with Gasteiger partial charge < -0.3 is 10.2 Å². The molecule has 2 unspecified atom stereocenters. The number of likely N-dealkylation sites (tertiary alicyclic amines) is 1. The van der Waals surface area contributed by atoms with Crippen molar-refractivity contribution in [1.82, 2.24) is 30.8 Å². The van der Waals surface area contributed by atoms with Crippen LogP contribution in [0, 0.1) is 5.92 Å². The third-order valence-electron chi connectivity index (χ3n) is 3.76. The summed E-state index contributed by atoms with van der Waals surface area (Å²) in [5, 5.41) is 17.5. The van der Waals surface area contributed by atoms with E-state index in [1.54, 1.807) is 0 Å². The van der Waals surface area contributed by atoms with Gasteiger partial charge in [0, 0.05) is 12.6 Å². The maximum atomic E-state index is 3.96. The number of nitrogens with zero attached hydrogens (tertiary/aromatic N) is 4. The molecule has 6 nitrogen and oxygen atoms in total. The summed E-state index contributed by atoms with van der Waals surface area (Å²) >= 11 is 0. The van der Waals surface area contributed by atoms with E-state index >= 15 is 0 Å². The standard InChI is InChI=1S/C12H24N6/c1-3-6-18-7-4-5-11(9-18)10(2)13-8-12-14-16-17-15-12/h10-11,13H,3-9H2,1-2H3,(H,14,15,16,17). The highest BCUT2D eigenvalue weighted by molar-refractivity contribution is 4.83. The molecule has 0 bridgehead atoms. The van der Waals surface area contributed by atoms with Crippen molar-refractivity contribution in [2.75, 3.05) is 19.6 Å². The summed E-state index contributed by atoms with van der Waals surface area (Å²) in [7, 11) is 0. The van der Waals surface area contributed by atoms with Gasteiger partial charge in [-0.2, -0.15) is 5.21 Å². The van der Waals surface area contributed by atoms with Crippen molar-refractivity contribution in [1.29, 1.82) is 0 Å². The normalized spacial score (nSPS) is 23.1. The summed E-state index contributed by atoms with van der Waals surface area (Å²) in [5.74, 6) is 1.47. The highest BCUT2D eigenvalue weighted by Gasteiger charge is 2.23. The van der Waals surface area contributed by atoms with Crippen molar-refractivity contribution >= 4 is 0 Å². The van der Waals surface area contributed by atoms with Crippen LogP contribution in [0.2, 0.25) is 0 Å². The molecule has 0 aromatic carbocycles. The maximum absolute atomic E-state index is 3.96. The van der Waals surface area contributed by atoms with Gasteiger partial charge in [-0.25, -0.2) is 0 Å². The van der Waals surface area contributed by atoms with Gasteiger partial charge in [0.2, 0.25) is 0 Å². The number of aromatic nitrogens is 4. The fourth-order valence-electron chi connectivity index (χ4n) is 2.70. The molecule has 0 spiro atoms. The Morgan fingerprint density at radius 3 is 3.17 bits per heavy atom. The molecule has 1 aromatic rings. The molecule has 2 heterocycles. The first kappa shape index (κ1) is 13.4. The maximum Gasteiger partial charge on any atom is 0.188 e. The molecule has 102 valence electrons. The van der Waals surface area contributed by atoms with Crippen LogP contribution < -0.4 is 5.32 Å². The molecule has 1 aliphatic heterocycles. The Morgan fingerprint density at radius 2 is 2.44 bits per heavy atom. The zero-order valence-electron chi connectivity index (χ0n) is 11.4. The van der Waals surface area contributed by atoms with E-state index in [-0.39, 0.29) is 0 Å². The van der Waals surface area contributed by atoms with Crippen molar-refractivity contribution in [3.8, 4) is 0 Å². The van der Waals surface area contributed by atoms with E-state index in [4.69, 9.17) is 0 Å². The molecule has 0 aliphatic carbocycles. The average molecular weight is 252 g/mol. The zero-order valence-corrected chi connectivity index (χ0v) is 11.4. The number of hydrogen-bond acceptors (Lipinski definition) is 5. The van der Waals surface area contributed by atoms with Crippen molar-refractivity contribution in [2.45, 2.75) is 45.7 Å². The van der Waals surface area contributed by atoms with E-state index in [1.165, 1.54) is 38.9 Å². The summed E-state index contributed by atoms with van der Waals surface area (Å²) in [6, 6.07) is 0.503. The molecule has 2 rings (SSSR count). The van der Waals surface area contributed by atoms with Crippen LogP contribution in [-0.4, -0.2) is 51.2 Å². The van der Waals surface area contributed by atoms with Crippen LogP contribution in [0.25, 0.3) is 0 Å². The van der Waals surface area contributed by atoms with Crippen LogP contribution >= 0.6 is 0 Å². The third-order valence-corrected chi connectivity index (χ3v) is 3.76. The van der Waals surface area contributed by atoms with Crippen LogP contribution in [0.15, 0.2) is 0 Å². The Balaban J connectivity index is 1.75. The molecule has 0 amide bonds. The van der Waals surface area contributed by atoms with E-state index in [0.717, 1.165) is 11.7 Å². The molecule has 18 heavy (non-hydrogen) atoms. The van der Waals surface area contributed by atoms with Crippen molar-refractivity contribution < 1.29 is 0 Å². The van der Waals surface area contributed by atoms with Gasteiger partial charge in [-0.15, -0.1) is 10.2 Å². The number of hydrogen-bond donors (Lipinski definition) is 2. The molecule has 6 heteroatoms. The summed E-state index contributed by atoms with van der Waals surface area (Å²) in [5.41, 5.74) is 0. The lowest BCUT2D eigenvalue weighted by Gasteiger charge is -2.35. The lowest BCUT2D eigenvalue weighted by atomic mass is 9.91. The van der Waals surface area contributed by atoms with E-state index in [0.29, 0.717) is 12.6 Å². The second kappa shape index (κ2) is 6.80. The minimum atomic E-state index is 0.503. The second-order valence-corrected chi connectivity index (χ2v) is 5.20. The largest absolute Gasteiger partial charge is 0.307 e. The Morgan fingerprint density at radius 1 is 1.56 bits per heavy atom. The van der Waals surface area contributed by atoms with E-state index < -0.39 is 0 Å². The molecule has 1 saturated heterocycles. The SMILES string of the molecule is CCCN1CCCC(C(C)NCc2nn[nH]n2)C1. The number of H-pyrrole nitrogens is 1. The van der Waals surface area contributed by atoms with Crippen LogP contribution in [0.3, 0.4) is 0 Å². The molecule has 2 atom stereocenters. The van der Waals surface area contributed by atoms with E-state index in [2.05, 4.69) is 44.7 Å². The van der Waals surface area contributed by atoms with Gasteiger partial charge in [0.1, 0.15) is 0 Å². The Kier molecular flexibility index (Phi) is 5.07. The molecule has 1 aromatic heterocycles. The number of tetrazole rings is 1. The number of rotatable bonds is 6. The fraction of sp³-hybridized carbons (Fsp3) is 0.917. The van der Waals surface area contributed by atoms with Crippen LogP contribution in [0.4, 0.5) is 0 Å². The molecule has 0 saturated carbocycles. The van der Waals surface area contributed by atoms with Crippen LogP contribution in [0.5, 0.6) is 0 Å². The van der Waals surface area contributed by atoms with Gasteiger partial charge in [-0.1, -0.05) is 12.1 Å². The van der Waals surface area contributed by atoms with E-state index in [9.17, 15) is 0 Å². The van der Waals surface area contributed by atoms with Gasteiger partial charge in [0.25, 0.3) is 0 Å². The van der Waals surface area contributed by atoms with Gasteiger partial charge in [-0.3, -0.25) is 0 Å². The topological polar surface area (TPSA) is 69.7 Å². The van der Waals surface area contributed by atoms with Crippen molar-refractivity contribution in [3.63, 3.8) is 0 Å². The number of nitrogens with one attached hydrogen (secondary N) is 2. The highest BCUT2D eigenvalue weighted by Crippen LogP contribution is 2.19. The first-order chi connectivity index (χ1) is 8.79. The average Bonchev–Trinajstić information content (AvgIpc) is 2.90.